The number of thioether (sulfide) groups is 1. The number of thiazole rings is 1. The highest BCUT2D eigenvalue weighted by Crippen LogP contribution is 2.32. The number of benzene rings is 4. The molecule has 1 N–H and O–H groups in total. The summed E-state index contributed by atoms with van der Waals surface area (Å²) < 4.78 is 8.47. The average Bonchev–Trinajstić information content (AvgIpc) is 3.61. The second-order valence-corrected chi connectivity index (χ2v) is 11.6. The second-order valence-electron chi connectivity index (χ2n) is 9.61. The van der Waals surface area contributed by atoms with Crippen molar-refractivity contribution in [2.24, 2.45) is 0 Å². The molecular formula is C32H27N5O2S2. The Morgan fingerprint density at radius 3 is 2.44 bits per heavy atom. The number of carbonyl (C=O) groups excluding carboxylic acids is 1. The van der Waals surface area contributed by atoms with Crippen LogP contribution in [0.25, 0.3) is 37.9 Å². The highest BCUT2D eigenvalue weighted by molar-refractivity contribution is 7.99. The summed E-state index contributed by atoms with van der Waals surface area (Å²) >= 11 is 3.01. The number of carbonyl (C=O) groups is 1. The van der Waals surface area contributed by atoms with Gasteiger partial charge in [-0.15, -0.1) is 21.5 Å². The van der Waals surface area contributed by atoms with Crippen LogP contribution >= 0.6 is 23.1 Å². The van der Waals surface area contributed by atoms with Crippen molar-refractivity contribution in [1.29, 1.82) is 0 Å². The molecule has 0 radical (unpaired) electrons. The fourth-order valence-electron chi connectivity index (χ4n) is 4.48. The molecule has 41 heavy (non-hydrogen) atoms. The third kappa shape index (κ3) is 5.86. The van der Waals surface area contributed by atoms with E-state index in [-0.39, 0.29) is 11.7 Å². The van der Waals surface area contributed by atoms with Crippen molar-refractivity contribution in [3.63, 3.8) is 0 Å². The quantitative estimate of drug-likeness (QED) is 0.188. The Morgan fingerprint density at radius 2 is 1.68 bits per heavy atom. The lowest BCUT2D eigenvalue weighted by molar-refractivity contribution is -0.113. The molecule has 0 fully saturated rings. The van der Waals surface area contributed by atoms with Gasteiger partial charge in [-0.3, -0.25) is 9.36 Å². The molecule has 0 spiro atoms. The molecule has 7 nitrogen and oxygen atoms in total. The zero-order valence-electron chi connectivity index (χ0n) is 22.8. The monoisotopic (exact) mass is 577 g/mol. The van der Waals surface area contributed by atoms with Gasteiger partial charge in [0.15, 0.2) is 11.0 Å². The molecule has 0 saturated heterocycles. The maximum Gasteiger partial charge on any atom is 0.234 e. The summed E-state index contributed by atoms with van der Waals surface area (Å²) in [6.07, 6.45) is 0. The minimum atomic E-state index is -0.125. The van der Waals surface area contributed by atoms with Gasteiger partial charge in [-0.2, -0.15) is 0 Å². The highest BCUT2D eigenvalue weighted by atomic mass is 32.2. The molecule has 0 saturated carbocycles. The lowest BCUT2D eigenvalue weighted by Crippen LogP contribution is -2.14. The fourth-order valence-corrected chi connectivity index (χ4v) is 6.30. The standard InChI is InChI=1S/C32H27N5O2S2/c1-20-5-4-6-23(17-20)30-35-36-32(37(30)25-12-14-26(39-3)15-13-25)40-19-29(38)33-24-10-8-22(9-11-24)31-34-27-16-7-21(2)18-28(27)41-31/h4-18H,19H2,1-3H3,(H,33,38). The zero-order chi connectivity index (χ0) is 28.3. The van der Waals surface area contributed by atoms with Gasteiger partial charge in [0, 0.05) is 22.5 Å². The maximum absolute atomic E-state index is 12.9. The number of nitrogens with zero attached hydrogens (tertiary/aromatic N) is 4. The van der Waals surface area contributed by atoms with Crippen LogP contribution in [0.4, 0.5) is 5.69 Å². The Bertz CT molecular complexity index is 1840. The first kappa shape index (κ1) is 26.7. The molecule has 2 heterocycles. The summed E-state index contributed by atoms with van der Waals surface area (Å²) in [7, 11) is 1.64. The molecule has 0 bridgehead atoms. The molecule has 0 atom stereocenters. The zero-order valence-corrected chi connectivity index (χ0v) is 24.4. The van der Waals surface area contributed by atoms with Gasteiger partial charge < -0.3 is 10.1 Å². The summed E-state index contributed by atoms with van der Waals surface area (Å²) in [5.41, 5.74) is 6.93. The van der Waals surface area contributed by atoms with E-state index < -0.39 is 0 Å². The fraction of sp³-hybridized carbons (Fsp3) is 0.125. The minimum absolute atomic E-state index is 0.125. The summed E-state index contributed by atoms with van der Waals surface area (Å²) in [6, 6.07) is 29.9. The summed E-state index contributed by atoms with van der Waals surface area (Å²) in [4.78, 5) is 17.7. The predicted molar refractivity (Wildman–Crippen MR) is 167 cm³/mol. The van der Waals surface area contributed by atoms with Crippen molar-refractivity contribution in [2.45, 2.75) is 19.0 Å². The van der Waals surface area contributed by atoms with E-state index in [4.69, 9.17) is 9.72 Å². The Labute approximate surface area is 246 Å². The number of nitrogens with one attached hydrogen (secondary N) is 1. The Hall–Kier alpha value is -4.47. The molecule has 0 aliphatic rings. The van der Waals surface area contributed by atoms with E-state index >= 15 is 0 Å². The smallest absolute Gasteiger partial charge is 0.234 e. The van der Waals surface area contributed by atoms with Crippen molar-refractivity contribution in [3.05, 3.63) is 102 Å². The van der Waals surface area contributed by atoms with Crippen LogP contribution in [0.1, 0.15) is 11.1 Å². The Kier molecular flexibility index (Phi) is 7.54. The number of fused-ring (bicyclic) bond motifs is 1. The maximum atomic E-state index is 12.9. The van der Waals surface area contributed by atoms with Crippen LogP contribution in [0.3, 0.4) is 0 Å². The van der Waals surface area contributed by atoms with Crippen LogP contribution in [0.5, 0.6) is 5.75 Å². The van der Waals surface area contributed by atoms with Crippen LogP contribution in [0.2, 0.25) is 0 Å². The summed E-state index contributed by atoms with van der Waals surface area (Å²) in [5, 5.41) is 13.5. The molecule has 0 unspecified atom stereocenters. The highest BCUT2D eigenvalue weighted by Gasteiger charge is 2.18. The van der Waals surface area contributed by atoms with Gasteiger partial charge in [0.2, 0.25) is 5.91 Å². The lowest BCUT2D eigenvalue weighted by Gasteiger charge is -2.12. The van der Waals surface area contributed by atoms with Crippen molar-refractivity contribution < 1.29 is 9.53 Å². The number of hydrogen-bond acceptors (Lipinski definition) is 7. The molecule has 9 heteroatoms. The van der Waals surface area contributed by atoms with Gasteiger partial charge in [0.25, 0.3) is 0 Å². The third-order valence-electron chi connectivity index (χ3n) is 6.53. The van der Waals surface area contributed by atoms with Gasteiger partial charge in [-0.05, 0) is 86.1 Å². The molecule has 6 rings (SSSR count). The number of amides is 1. The SMILES string of the molecule is COc1ccc(-n2c(SCC(=O)Nc3ccc(-c4nc5ccc(C)cc5s4)cc3)nnc2-c2cccc(C)c2)cc1. The number of ether oxygens (including phenoxy) is 1. The molecule has 6 aromatic rings. The van der Waals surface area contributed by atoms with E-state index in [0.717, 1.165) is 44.3 Å². The number of methoxy groups -OCH3 is 1. The molecule has 0 aliphatic heterocycles. The topological polar surface area (TPSA) is 81.9 Å². The van der Waals surface area contributed by atoms with Crippen LogP contribution < -0.4 is 10.1 Å². The lowest BCUT2D eigenvalue weighted by atomic mass is 10.1. The minimum Gasteiger partial charge on any atom is -0.497 e. The number of anilines is 1. The van der Waals surface area contributed by atoms with Gasteiger partial charge >= 0.3 is 0 Å². The van der Waals surface area contributed by atoms with E-state index in [0.29, 0.717) is 11.0 Å². The van der Waals surface area contributed by atoms with Crippen molar-refractivity contribution in [2.75, 3.05) is 18.2 Å². The third-order valence-corrected chi connectivity index (χ3v) is 8.53. The van der Waals surface area contributed by atoms with E-state index in [1.807, 2.05) is 78.2 Å². The largest absolute Gasteiger partial charge is 0.497 e. The average molecular weight is 578 g/mol. The number of rotatable bonds is 8. The van der Waals surface area contributed by atoms with Crippen molar-refractivity contribution >= 4 is 44.9 Å². The van der Waals surface area contributed by atoms with Crippen LogP contribution in [0, 0.1) is 13.8 Å². The normalized spacial score (nSPS) is 11.1. The van der Waals surface area contributed by atoms with Gasteiger partial charge in [0.1, 0.15) is 10.8 Å². The first-order valence-electron chi connectivity index (χ1n) is 13.0. The van der Waals surface area contributed by atoms with Gasteiger partial charge in [0.05, 0.1) is 23.1 Å². The molecule has 0 aliphatic carbocycles. The summed E-state index contributed by atoms with van der Waals surface area (Å²) in [6.45, 7) is 4.13. The number of aryl methyl sites for hydroxylation is 2. The first-order valence-corrected chi connectivity index (χ1v) is 14.8. The van der Waals surface area contributed by atoms with Gasteiger partial charge in [-0.1, -0.05) is 41.6 Å². The second kappa shape index (κ2) is 11.6. The molecule has 2 aromatic heterocycles. The molecule has 204 valence electrons. The van der Waals surface area contributed by atoms with Crippen LogP contribution in [-0.4, -0.2) is 38.5 Å². The van der Waals surface area contributed by atoms with Gasteiger partial charge in [-0.25, -0.2) is 4.98 Å². The first-order chi connectivity index (χ1) is 20.0. The number of aromatic nitrogens is 4. The summed E-state index contributed by atoms with van der Waals surface area (Å²) in [5.74, 6) is 1.53. The van der Waals surface area contributed by atoms with E-state index in [9.17, 15) is 4.79 Å². The van der Waals surface area contributed by atoms with E-state index in [2.05, 4.69) is 46.7 Å². The molecule has 4 aromatic carbocycles. The van der Waals surface area contributed by atoms with Crippen LogP contribution in [0.15, 0.2) is 96.2 Å². The molecule has 1 amide bonds. The molecular weight excluding hydrogens is 551 g/mol. The Morgan fingerprint density at radius 1 is 0.902 bits per heavy atom. The van der Waals surface area contributed by atoms with E-state index in [1.165, 1.54) is 22.0 Å². The van der Waals surface area contributed by atoms with E-state index in [1.54, 1.807) is 18.4 Å². The predicted octanol–water partition coefficient (Wildman–Crippen LogP) is 7.57. The number of hydrogen-bond donors (Lipinski definition) is 1. The van der Waals surface area contributed by atoms with Crippen molar-refractivity contribution in [3.8, 4) is 33.4 Å². The Balaban J connectivity index is 1.18. The van der Waals surface area contributed by atoms with Crippen molar-refractivity contribution in [1.82, 2.24) is 19.7 Å². The van der Waals surface area contributed by atoms with Crippen LogP contribution in [-0.2, 0) is 4.79 Å².